The topological polar surface area (TPSA) is 32.3 Å². The molecule has 3 heterocycles. The Morgan fingerprint density at radius 3 is 2.91 bits per heavy atom. The van der Waals surface area contributed by atoms with Gasteiger partial charge in [-0.15, -0.1) is 0 Å². The zero-order valence-corrected chi connectivity index (χ0v) is 13.8. The fourth-order valence-electron chi connectivity index (χ4n) is 3.71. The van der Waals surface area contributed by atoms with E-state index in [0.717, 1.165) is 23.1 Å². The minimum Gasteiger partial charge on any atom is -0.341 e. The molecule has 2 atom stereocenters. The number of hydrogen-bond donors (Lipinski definition) is 0. The number of anilines is 1. The van der Waals surface area contributed by atoms with Gasteiger partial charge in [0.1, 0.15) is 0 Å². The molecular formula is C17H22N4S. The van der Waals surface area contributed by atoms with Gasteiger partial charge in [-0.05, 0) is 25.8 Å². The van der Waals surface area contributed by atoms with Crippen molar-refractivity contribution in [1.82, 2.24) is 14.3 Å². The first-order valence-electron chi connectivity index (χ1n) is 8.25. The van der Waals surface area contributed by atoms with E-state index in [4.69, 9.17) is 4.98 Å². The number of piperazine rings is 1. The Morgan fingerprint density at radius 1 is 1.23 bits per heavy atom. The first-order valence-corrected chi connectivity index (χ1v) is 9.02. The van der Waals surface area contributed by atoms with Gasteiger partial charge in [-0.2, -0.15) is 9.36 Å². The molecule has 2 unspecified atom stereocenters. The lowest BCUT2D eigenvalue weighted by Crippen LogP contribution is -2.56. The van der Waals surface area contributed by atoms with Crippen LogP contribution in [0.1, 0.15) is 26.2 Å². The van der Waals surface area contributed by atoms with Gasteiger partial charge in [-0.25, -0.2) is 0 Å². The van der Waals surface area contributed by atoms with Crippen LogP contribution in [0.25, 0.3) is 11.4 Å². The van der Waals surface area contributed by atoms with Gasteiger partial charge in [0.05, 0.1) is 0 Å². The van der Waals surface area contributed by atoms with Gasteiger partial charge in [0, 0.05) is 42.3 Å². The number of benzene rings is 1. The van der Waals surface area contributed by atoms with Crippen molar-refractivity contribution in [3.05, 3.63) is 30.3 Å². The Labute approximate surface area is 136 Å². The maximum absolute atomic E-state index is 4.83. The van der Waals surface area contributed by atoms with E-state index < -0.39 is 0 Å². The van der Waals surface area contributed by atoms with Gasteiger partial charge in [-0.3, -0.25) is 4.90 Å². The fraction of sp³-hybridized carbons (Fsp3) is 0.529. The Bertz CT molecular complexity index is 627. The van der Waals surface area contributed by atoms with Crippen molar-refractivity contribution in [2.75, 3.05) is 24.5 Å². The summed E-state index contributed by atoms with van der Waals surface area (Å²) in [4.78, 5) is 10.0. The lowest BCUT2D eigenvalue weighted by molar-refractivity contribution is 0.194. The molecule has 1 aromatic heterocycles. The Kier molecular flexibility index (Phi) is 3.84. The molecule has 2 aromatic rings. The molecular weight excluding hydrogens is 292 g/mol. The highest BCUT2D eigenvalue weighted by molar-refractivity contribution is 7.09. The number of aromatic nitrogens is 2. The molecule has 2 saturated heterocycles. The molecule has 0 radical (unpaired) electrons. The molecule has 0 saturated carbocycles. The first kappa shape index (κ1) is 14.2. The first-order chi connectivity index (χ1) is 10.8. The van der Waals surface area contributed by atoms with Crippen molar-refractivity contribution in [1.29, 1.82) is 0 Å². The number of nitrogens with zero attached hydrogens (tertiary/aromatic N) is 4. The average Bonchev–Trinajstić information content (AvgIpc) is 3.23. The summed E-state index contributed by atoms with van der Waals surface area (Å²) in [5.41, 5.74) is 1.11. The van der Waals surface area contributed by atoms with Gasteiger partial charge in [0.2, 0.25) is 5.13 Å². The van der Waals surface area contributed by atoms with Crippen LogP contribution in [0.4, 0.5) is 5.13 Å². The summed E-state index contributed by atoms with van der Waals surface area (Å²) in [6.45, 7) is 5.86. The molecule has 2 fully saturated rings. The smallest absolute Gasteiger partial charge is 0.205 e. The van der Waals surface area contributed by atoms with Gasteiger partial charge < -0.3 is 4.90 Å². The summed E-state index contributed by atoms with van der Waals surface area (Å²) in [6, 6.07) is 11.6. The number of fused-ring (bicyclic) bond motifs is 1. The molecule has 0 amide bonds. The van der Waals surface area contributed by atoms with Crippen LogP contribution in [-0.4, -0.2) is 46.0 Å². The van der Waals surface area contributed by atoms with Crippen LogP contribution < -0.4 is 4.90 Å². The second-order valence-electron chi connectivity index (χ2n) is 6.27. The van der Waals surface area contributed by atoms with Crippen LogP contribution in [0.15, 0.2) is 30.3 Å². The van der Waals surface area contributed by atoms with Crippen molar-refractivity contribution in [2.45, 2.75) is 38.3 Å². The zero-order chi connectivity index (χ0) is 14.9. The van der Waals surface area contributed by atoms with Crippen LogP contribution in [0.5, 0.6) is 0 Å². The van der Waals surface area contributed by atoms with E-state index in [1.807, 2.05) is 18.2 Å². The molecule has 5 heteroatoms. The van der Waals surface area contributed by atoms with Crippen LogP contribution in [0.3, 0.4) is 0 Å². The summed E-state index contributed by atoms with van der Waals surface area (Å²) < 4.78 is 4.59. The molecule has 2 aliphatic rings. The minimum absolute atomic E-state index is 0.575. The maximum atomic E-state index is 4.83. The van der Waals surface area contributed by atoms with Gasteiger partial charge in [0.15, 0.2) is 5.82 Å². The van der Waals surface area contributed by atoms with E-state index in [1.54, 1.807) is 11.5 Å². The molecule has 1 aromatic carbocycles. The van der Waals surface area contributed by atoms with Crippen molar-refractivity contribution in [3.8, 4) is 11.4 Å². The van der Waals surface area contributed by atoms with Crippen LogP contribution in [0.2, 0.25) is 0 Å². The molecule has 0 aliphatic carbocycles. The highest BCUT2D eigenvalue weighted by atomic mass is 32.1. The third kappa shape index (κ3) is 2.52. The molecule has 4 rings (SSSR count). The van der Waals surface area contributed by atoms with Crippen LogP contribution in [0, 0.1) is 0 Å². The lowest BCUT2D eigenvalue weighted by Gasteiger charge is -2.43. The Balaban J connectivity index is 1.59. The second-order valence-corrected chi connectivity index (χ2v) is 7.00. The van der Waals surface area contributed by atoms with Gasteiger partial charge in [0.25, 0.3) is 0 Å². The predicted molar refractivity (Wildman–Crippen MR) is 91.4 cm³/mol. The molecule has 22 heavy (non-hydrogen) atoms. The summed E-state index contributed by atoms with van der Waals surface area (Å²) in [5.74, 6) is 0.865. The van der Waals surface area contributed by atoms with Crippen molar-refractivity contribution < 1.29 is 0 Å². The summed E-state index contributed by atoms with van der Waals surface area (Å²) in [7, 11) is 0. The van der Waals surface area contributed by atoms with Gasteiger partial charge in [-0.1, -0.05) is 37.3 Å². The molecule has 116 valence electrons. The third-order valence-electron chi connectivity index (χ3n) is 4.96. The summed E-state index contributed by atoms with van der Waals surface area (Å²) >= 11 is 1.55. The van der Waals surface area contributed by atoms with E-state index in [9.17, 15) is 0 Å². The van der Waals surface area contributed by atoms with E-state index >= 15 is 0 Å². The number of rotatable bonds is 3. The van der Waals surface area contributed by atoms with Crippen molar-refractivity contribution in [3.63, 3.8) is 0 Å². The quantitative estimate of drug-likeness (QED) is 0.870. The fourth-order valence-corrected chi connectivity index (χ4v) is 4.48. The molecule has 2 aliphatic heterocycles. The third-order valence-corrected chi connectivity index (χ3v) is 5.71. The van der Waals surface area contributed by atoms with Crippen molar-refractivity contribution in [2.24, 2.45) is 0 Å². The van der Waals surface area contributed by atoms with Crippen LogP contribution >= 0.6 is 11.5 Å². The van der Waals surface area contributed by atoms with Crippen LogP contribution in [-0.2, 0) is 0 Å². The maximum Gasteiger partial charge on any atom is 0.205 e. The zero-order valence-electron chi connectivity index (χ0n) is 13.0. The average molecular weight is 314 g/mol. The Hall–Kier alpha value is -1.46. The van der Waals surface area contributed by atoms with E-state index in [-0.39, 0.29) is 0 Å². The highest BCUT2D eigenvalue weighted by Gasteiger charge is 2.36. The molecule has 0 bridgehead atoms. The monoisotopic (exact) mass is 314 g/mol. The van der Waals surface area contributed by atoms with E-state index in [0.29, 0.717) is 12.1 Å². The van der Waals surface area contributed by atoms with Gasteiger partial charge >= 0.3 is 0 Å². The SMILES string of the molecule is CCC1CN2CCCC2CN1c1nc(-c2ccccc2)ns1. The Morgan fingerprint density at radius 2 is 2.09 bits per heavy atom. The normalized spacial score (nSPS) is 25.4. The minimum atomic E-state index is 0.575. The predicted octanol–water partition coefficient (Wildman–Crippen LogP) is 3.27. The highest BCUT2D eigenvalue weighted by Crippen LogP contribution is 2.32. The largest absolute Gasteiger partial charge is 0.341 e. The molecule has 0 spiro atoms. The lowest BCUT2D eigenvalue weighted by atomic mass is 10.1. The second kappa shape index (κ2) is 5.97. The molecule has 4 nitrogen and oxygen atoms in total. The standard InChI is InChI=1S/C17H22N4S/c1-2-14-11-20-10-6-9-15(20)12-21(14)17-18-16(19-22-17)13-7-4-3-5-8-13/h3-5,7-8,14-15H,2,6,9-12H2,1H3. The molecule has 0 N–H and O–H groups in total. The number of hydrogen-bond acceptors (Lipinski definition) is 5. The van der Waals surface area contributed by atoms with E-state index in [2.05, 4.69) is 33.2 Å². The van der Waals surface area contributed by atoms with Crippen molar-refractivity contribution >= 4 is 16.7 Å². The summed E-state index contributed by atoms with van der Waals surface area (Å²) in [6.07, 6.45) is 3.85. The van der Waals surface area contributed by atoms with E-state index in [1.165, 1.54) is 32.4 Å². The summed E-state index contributed by atoms with van der Waals surface area (Å²) in [5, 5.41) is 1.09.